The number of aryl methyl sites for hydroxylation is 2. The Morgan fingerprint density at radius 3 is 1.26 bits per heavy atom. The Hall–Kier alpha value is -6.48. The van der Waals surface area contributed by atoms with Crippen LogP contribution < -0.4 is 10.6 Å². The molecular formula is C73H77Br3Cl3N13O6. The standard InChI is InChI=1S/C25H27BrClN3O4.2C24H25BrClN5O/c1-25(2,3)34-24(32)30-9-7-29(8-10-30)22-18-6-5-17(27)11-15(18)12-20(23(31)33-4)19-13-16(26)14-28-21(19)22;2*1-24(32,21-13-28-14-30(21)2)20-10-15-9-17(26)3-4-18(15)23(31-7-5-27-6-8-31)22-19(20)11-16(25)12-29-22/h5-6,11-14,22H,7-10H2,1-4H3;2*3-4,9-14,23,27,32H,5-8H2,1-2H3/t;2*23-,24?/m.00/s1. The third kappa shape index (κ3) is 15.0. The normalized spacial score (nSPS) is 19.9. The number of halogens is 6. The van der Waals surface area contributed by atoms with E-state index in [9.17, 15) is 19.8 Å². The van der Waals surface area contributed by atoms with Crippen LogP contribution in [0.4, 0.5) is 4.79 Å². The second-order valence-corrected chi connectivity index (χ2v) is 30.5. The first kappa shape index (κ1) is 71.3. The number of aromatic nitrogens is 7. The minimum absolute atomic E-state index is 0.0384. The van der Waals surface area contributed by atoms with Gasteiger partial charge in [-0.3, -0.25) is 29.7 Å². The maximum Gasteiger partial charge on any atom is 0.410 e. The molecule has 1 amide bonds. The van der Waals surface area contributed by atoms with E-state index in [0.29, 0.717) is 63.8 Å². The molecule has 3 fully saturated rings. The van der Waals surface area contributed by atoms with E-state index < -0.39 is 22.8 Å². The second kappa shape index (κ2) is 29.6. The van der Waals surface area contributed by atoms with Crippen LogP contribution in [0.2, 0.25) is 15.1 Å². The molecule has 4 N–H and O–H groups in total. The van der Waals surface area contributed by atoms with E-state index in [2.05, 4.69) is 120 Å². The van der Waals surface area contributed by atoms with Gasteiger partial charge < -0.3 is 44.4 Å². The van der Waals surface area contributed by atoms with Crippen LogP contribution in [0.15, 0.2) is 130 Å². The second-order valence-electron chi connectivity index (χ2n) is 26.5. The van der Waals surface area contributed by atoms with Crippen LogP contribution in [-0.4, -0.2) is 167 Å². The SMILES string of the molecule is COC(=O)C1=Cc2cc(Cl)ccc2C(N2CCN(C(=O)OC(C)(C)C)CC2)c2ncc(Br)cc21.Cn1cncc1C(C)(O)C1=Cc2cc(Cl)ccc2[C@H](N2CCNCC2)c2ncc(Br)cc21.Cn1cncc1C(C)(O)C1=Cc2cc(Cl)ccc2[C@H](N2CCNCC2)c2ncc(Br)cc21. The first-order chi connectivity index (χ1) is 46.8. The molecular weight excluding hydrogens is 1500 g/mol. The van der Waals surface area contributed by atoms with Gasteiger partial charge in [-0.15, -0.1) is 0 Å². The van der Waals surface area contributed by atoms with E-state index in [1.807, 2.05) is 125 Å². The number of hydrogen-bond donors (Lipinski definition) is 4. The van der Waals surface area contributed by atoms with Gasteiger partial charge in [0, 0.05) is 156 Å². The molecule has 14 rings (SSSR count). The summed E-state index contributed by atoms with van der Waals surface area (Å²) in [5, 5.41) is 32.6. The summed E-state index contributed by atoms with van der Waals surface area (Å²) in [6, 6.07) is 23.4. The number of fused-ring (bicyclic) bond motifs is 6. The largest absolute Gasteiger partial charge is 0.465 e. The number of aliphatic hydroxyl groups is 2. The number of pyridine rings is 3. The monoisotopic (exact) mass is 1570 g/mol. The Bertz CT molecular complexity index is 4250. The lowest BCUT2D eigenvalue weighted by Gasteiger charge is -2.40. The molecule has 8 heterocycles. The molecule has 5 atom stereocenters. The van der Waals surface area contributed by atoms with E-state index in [0.717, 1.165) is 139 Å². The van der Waals surface area contributed by atoms with Gasteiger partial charge in [0.15, 0.2) is 0 Å². The molecule has 3 aromatic carbocycles. The van der Waals surface area contributed by atoms with Gasteiger partial charge in [0.2, 0.25) is 0 Å². The maximum atomic E-state index is 12.8. The predicted octanol–water partition coefficient (Wildman–Crippen LogP) is 13.1. The number of nitrogens with zero attached hydrogens (tertiary/aromatic N) is 11. The van der Waals surface area contributed by atoms with Gasteiger partial charge in [0.1, 0.15) is 16.8 Å². The number of benzene rings is 3. The molecule has 0 saturated carbocycles. The molecule has 25 heteroatoms. The van der Waals surface area contributed by atoms with E-state index >= 15 is 0 Å². The van der Waals surface area contributed by atoms with Crippen molar-refractivity contribution in [1.82, 2.24) is 64.3 Å². The Morgan fingerprint density at radius 2 is 0.888 bits per heavy atom. The number of carbonyl (C=O) groups excluding carboxylic acids is 2. The highest BCUT2D eigenvalue weighted by Crippen LogP contribution is 2.49. The van der Waals surface area contributed by atoms with Crippen molar-refractivity contribution >= 4 is 130 Å². The zero-order valence-corrected chi connectivity index (χ0v) is 62.7. The van der Waals surface area contributed by atoms with Crippen LogP contribution in [0.25, 0.3) is 34.9 Å². The number of rotatable bonds is 8. The molecule has 0 radical (unpaired) electrons. The number of imidazole rings is 2. The van der Waals surface area contributed by atoms with Gasteiger partial charge in [0.05, 0.1) is 84.3 Å². The first-order valence-electron chi connectivity index (χ1n) is 32.4. The molecule has 512 valence electrons. The van der Waals surface area contributed by atoms with Crippen LogP contribution in [0.3, 0.4) is 0 Å². The Balaban J connectivity index is 0.000000140. The van der Waals surface area contributed by atoms with Crippen molar-refractivity contribution in [2.75, 3.05) is 85.6 Å². The average molecular weight is 1580 g/mol. The van der Waals surface area contributed by atoms with Crippen molar-refractivity contribution in [2.24, 2.45) is 14.1 Å². The summed E-state index contributed by atoms with van der Waals surface area (Å²) in [5.74, 6) is -0.442. The molecule has 0 bridgehead atoms. The number of amides is 1. The minimum Gasteiger partial charge on any atom is -0.465 e. The maximum absolute atomic E-state index is 12.8. The van der Waals surface area contributed by atoms with Gasteiger partial charge in [-0.1, -0.05) is 53.0 Å². The molecule has 98 heavy (non-hydrogen) atoms. The summed E-state index contributed by atoms with van der Waals surface area (Å²) in [7, 11) is 5.15. The smallest absolute Gasteiger partial charge is 0.410 e. The van der Waals surface area contributed by atoms with E-state index in [-0.39, 0.29) is 24.2 Å². The molecule has 8 aromatic rings. The number of piperazine rings is 3. The molecule has 0 spiro atoms. The Labute approximate surface area is 611 Å². The highest BCUT2D eigenvalue weighted by molar-refractivity contribution is 9.11. The molecule has 5 aromatic heterocycles. The zero-order chi connectivity index (χ0) is 69.5. The fourth-order valence-corrected chi connectivity index (χ4v) is 15.6. The molecule has 3 aliphatic carbocycles. The van der Waals surface area contributed by atoms with Gasteiger partial charge in [-0.2, -0.15) is 0 Å². The van der Waals surface area contributed by atoms with Crippen LogP contribution in [0.1, 0.15) is 131 Å². The molecule has 19 nitrogen and oxygen atoms in total. The summed E-state index contributed by atoms with van der Waals surface area (Å²) < 4.78 is 16.8. The number of ether oxygens (including phenoxy) is 2. The highest BCUT2D eigenvalue weighted by Gasteiger charge is 2.42. The third-order valence-electron chi connectivity index (χ3n) is 18.7. The predicted molar refractivity (Wildman–Crippen MR) is 395 cm³/mol. The quantitative estimate of drug-likeness (QED) is 0.104. The van der Waals surface area contributed by atoms with Crippen molar-refractivity contribution in [2.45, 2.75) is 69.5 Å². The van der Waals surface area contributed by atoms with E-state index in [4.69, 9.17) is 59.2 Å². The van der Waals surface area contributed by atoms with Gasteiger partial charge >= 0.3 is 12.1 Å². The van der Waals surface area contributed by atoms with Gasteiger partial charge in [0.25, 0.3) is 0 Å². The average Bonchev–Trinajstić information content (AvgIpc) is 1.59. The number of methoxy groups -OCH3 is 1. The third-order valence-corrected chi connectivity index (χ3v) is 20.7. The fourth-order valence-electron chi connectivity index (χ4n) is 14.0. The van der Waals surface area contributed by atoms with Crippen molar-refractivity contribution < 1.29 is 29.3 Å². The molecule has 3 unspecified atom stereocenters. The van der Waals surface area contributed by atoms with Gasteiger partial charge in [-0.05, 0) is 200 Å². The summed E-state index contributed by atoms with van der Waals surface area (Å²) >= 11 is 29.9. The lowest BCUT2D eigenvalue weighted by molar-refractivity contribution is -0.133. The summed E-state index contributed by atoms with van der Waals surface area (Å²) in [5.41, 5.74) is 11.5. The molecule has 3 aliphatic heterocycles. The van der Waals surface area contributed by atoms with Crippen molar-refractivity contribution in [1.29, 1.82) is 0 Å². The van der Waals surface area contributed by atoms with Crippen LogP contribution in [0, 0.1) is 0 Å². The van der Waals surface area contributed by atoms with Gasteiger partial charge in [-0.25, -0.2) is 19.6 Å². The number of hydrogen-bond acceptors (Lipinski definition) is 16. The summed E-state index contributed by atoms with van der Waals surface area (Å²) in [6.07, 6.45) is 17.9. The number of carbonyl (C=O) groups is 2. The lowest BCUT2D eigenvalue weighted by Crippen LogP contribution is -2.51. The fraction of sp³-hybridized carbons (Fsp3) is 0.356. The molecule has 3 saturated heterocycles. The van der Waals surface area contributed by atoms with E-state index in [1.165, 1.54) is 7.11 Å². The summed E-state index contributed by atoms with van der Waals surface area (Å²) in [6.45, 7) is 18.9. The van der Waals surface area contributed by atoms with E-state index in [1.54, 1.807) is 36.1 Å². The van der Waals surface area contributed by atoms with Crippen molar-refractivity contribution in [3.63, 3.8) is 0 Å². The van der Waals surface area contributed by atoms with Crippen molar-refractivity contribution in [3.05, 3.63) is 223 Å². The zero-order valence-electron chi connectivity index (χ0n) is 55.6. The van der Waals surface area contributed by atoms with Crippen molar-refractivity contribution in [3.8, 4) is 0 Å². The van der Waals surface area contributed by atoms with Crippen LogP contribution >= 0.6 is 82.6 Å². The Morgan fingerprint density at radius 1 is 0.520 bits per heavy atom. The Kier molecular flexibility index (Phi) is 21.6. The van der Waals surface area contributed by atoms with Crippen LogP contribution in [0.5, 0.6) is 0 Å². The molecule has 6 aliphatic rings. The number of esters is 1. The lowest BCUT2D eigenvalue weighted by atomic mass is 9.85. The highest BCUT2D eigenvalue weighted by atomic mass is 79.9. The first-order valence-corrected chi connectivity index (χ1v) is 35.9. The number of nitrogens with one attached hydrogen (secondary N) is 2. The topological polar surface area (TPSA) is 204 Å². The minimum atomic E-state index is -1.29. The summed E-state index contributed by atoms with van der Waals surface area (Å²) in [4.78, 5) is 57.3. The van der Waals surface area contributed by atoms with Crippen LogP contribution in [-0.2, 0) is 39.6 Å².